The van der Waals surface area contributed by atoms with E-state index in [-0.39, 0.29) is 22.6 Å². The van der Waals surface area contributed by atoms with Gasteiger partial charge in [-0.05, 0) is 17.7 Å². The van der Waals surface area contributed by atoms with Gasteiger partial charge in [-0.25, -0.2) is 22.2 Å². The third kappa shape index (κ3) is 5.11. The van der Waals surface area contributed by atoms with Gasteiger partial charge >= 0.3 is 0 Å². The van der Waals surface area contributed by atoms with Gasteiger partial charge in [-0.1, -0.05) is 12.1 Å². The molecular formula is C16H15F2N5O3S. The van der Waals surface area contributed by atoms with Crippen molar-refractivity contribution in [3.05, 3.63) is 53.0 Å². The second-order valence-corrected chi connectivity index (χ2v) is 7.36. The zero-order chi connectivity index (χ0) is 20.2. The van der Waals surface area contributed by atoms with E-state index < -0.39 is 45.7 Å². The van der Waals surface area contributed by atoms with E-state index >= 15 is 0 Å². The first-order valence-corrected chi connectivity index (χ1v) is 9.15. The fourth-order valence-corrected chi connectivity index (χ4v) is 3.54. The molecule has 0 aliphatic heterocycles. The highest BCUT2D eigenvalue weighted by Gasteiger charge is 2.23. The van der Waals surface area contributed by atoms with Gasteiger partial charge < -0.3 is 11.5 Å². The monoisotopic (exact) mass is 395 g/mol. The van der Waals surface area contributed by atoms with Crippen molar-refractivity contribution in [3.8, 4) is 6.07 Å². The number of hydrogen-bond acceptors (Lipinski definition) is 6. The molecule has 142 valence electrons. The first-order chi connectivity index (χ1) is 12.6. The number of benzene rings is 1. The lowest BCUT2D eigenvalue weighted by Crippen LogP contribution is -2.26. The van der Waals surface area contributed by atoms with E-state index in [9.17, 15) is 22.0 Å². The number of carbonyl (C=O) groups excluding carboxylic acids is 1. The molecular weight excluding hydrogens is 380 g/mol. The van der Waals surface area contributed by atoms with Crippen LogP contribution in [-0.2, 0) is 16.4 Å². The van der Waals surface area contributed by atoms with Gasteiger partial charge in [0.05, 0.1) is 23.0 Å². The first kappa shape index (κ1) is 20.1. The van der Waals surface area contributed by atoms with Crippen molar-refractivity contribution in [1.82, 2.24) is 4.98 Å². The van der Waals surface area contributed by atoms with Crippen molar-refractivity contribution >= 4 is 27.4 Å². The maximum absolute atomic E-state index is 14.3. The Kier molecular flexibility index (Phi) is 5.91. The second-order valence-electron chi connectivity index (χ2n) is 5.59. The van der Waals surface area contributed by atoms with Crippen LogP contribution < -0.4 is 16.2 Å². The molecule has 8 nitrogen and oxygen atoms in total. The summed E-state index contributed by atoms with van der Waals surface area (Å²) in [5, 5.41) is 8.87. The topological polar surface area (TPSA) is 152 Å². The molecule has 1 atom stereocenters. The summed E-state index contributed by atoms with van der Waals surface area (Å²) >= 11 is 0. The van der Waals surface area contributed by atoms with Crippen molar-refractivity contribution in [3.63, 3.8) is 0 Å². The van der Waals surface area contributed by atoms with Gasteiger partial charge in [-0.2, -0.15) is 5.26 Å². The minimum atomic E-state index is -4.16. The normalized spacial score (nSPS) is 12.2. The Labute approximate surface area is 153 Å². The molecule has 0 bridgehead atoms. The third-order valence-corrected chi connectivity index (χ3v) is 4.85. The number of pyridine rings is 1. The van der Waals surface area contributed by atoms with Crippen LogP contribution in [0, 0.1) is 17.1 Å². The summed E-state index contributed by atoms with van der Waals surface area (Å²) in [5.41, 5.74) is 9.91. The zero-order valence-corrected chi connectivity index (χ0v) is 14.6. The summed E-state index contributed by atoms with van der Waals surface area (Å²) in [6, 6.07) is 6.45. The van der Waals surface area contributed by atoms with E-state index in [1.54, 1.807) is 6.07 Å². The summed E-state index contributed by atoms with van der Waals surface area (Å²) in [4.78, 5) is 15.0. The molecule has 27 heavy (non-hydrogen) atoms. The predicted molar refractivity (Wildman–Crippen MR) is 94.3 cm³/mol. The number of nitrogen functional groups attached to an aromatic ring is 1. The van der Waals surface area contributed by atoms with E-state index in [0.29, 0.717) is 0 Å². The Bertz CT molecular complexity index is 1020. The number of primary amides is 1. The van der Waals surface area contributed by atoms with E-state index in [2.05, 4.69) is 9.71 Å². The Hall–Kier alpha value is -3.26. The van der Waals surface area contributed by atoms with Crippen LogP contribution in [-0.4, -0.2) is 31.2 Å². The summed E-state index contributed by atoms with van der Waals surface area (Å²) in [7, 11) is -4.16. The maximum Gasteiger partial charge on any atom is 0.251 e. The number of hydrogen-bond donors (Lipinski definition) is 3. The summed E-state index contributed by atoms with van der Waals surface area (Å²) < 4.78 is 54.3. The SMILES string of the molecule is N#Cc1cc(NS(=O)(=O)CC(F)Cc2cccc(F)c2C(N)=O)cnc1N. The van der Waals surface area contributed by atoms with Crippen LogP contribution in [0.25, 0.3) is 0 Å². The molecule has 2 rings (SSSR count). The Morgan fingerprint density at radius 2 is 2.11 bits per heavy atom. The highest BCUT2D eigenvalue weighted by atomic mass is 32.2. The van der Waals surface area contributed by atoms with Crippen LogP contribution >= 0.6 is 0 Å². The third-order valence-electron chi connectivity index (χ3n) is 3.50. The average molecular weight is 395 g/mol. The predicted octanol–water partition coefficient (Wildman–Crippen LogP) is 1.10. The number of nitriles is 1. The number of halogens is 2. The quantitative estimate of drug-likeness (QED) is 0.638. The second kappa shape index (κ2) is 7.96. The minimum Gasteiger partial charge on any atom is -0.383 e. The Balaban J connectivity index is 2.13. The minimum absolute atomic E-state index is 0.0360. The van der Waals surface area contributed by atoms with Gasteiger partial charge in [0.2, 0.25) is 10.0 Å². The number of nitrogens with two attached hydrogens (primary N) is 2. The summed E-state index contributed by atoms with van der Waals surface area (Å²) in [5.74, 6) is -3.03. The molecule has 0 aliphatic carbocycles. The maximum atomic E-state index is 14.3. The van der Waals surface area contributed by atoms with Gasteiger partial charge in [0.25, 0.3) is 5.91 Å². The average Bonchev–Trinajstić information content (AvgIpc) is 2.55. The molecule has 2 aromatic rings. The number of aromatic nitrogens is 1. The van der Waals surface area contributed by atoms with Crippen LogP contribution in [0.15, 0.2) is 30.5 Å². The van der Waals surface area contributed by atoms with Crippen LogP contribution in [0.4, 0.5) is 20.3 Å². The molecule has 1 aromatic carbocycles. The molecule has 1 unspecified atom stereocenters. The number of amides is 1. The summed E-state index contributed by atoms with van der Waals surface area (Å²) in [6.07, 6.45) is -1.39. The number of carbonyl (C=O) groups is 1. The number of alkyl halides is 1. The van der Waals surface area contributed by atoms with Crippen LogP contribution in [0.3, 0.4) is 0 Å². The number of anilines is 2. The van der Waals surface area contributed by atoms with E-state index in [4.69, 9.17) is 16.7 Å². The van der Waals surface area contributed by atoms with E-state index in [0.717, 1.165) is 18.3 Å². The first-order valence-electron chi connectivity index (χ1n) is 7.50. The van der Waals surface area contributed by atoms with Crippen molar-refractivity contribution in [2.24, 2.45) is 5.73 Å². The Morgan fingerprint density at radius 1 is 1.41 bits per heavy atom. The molecule has 11 heteroatoms. The van der Waals surface area contributed by atoms with Crippen molar-refractivity contribution in [1.29, 1.82) is 5.26 Å². The van der Waals surface area contributed by atoms with Crippen LogP contribution in [0.1, 0.15) is 21.5 Å². The molecule has 1 amide bonds. The molecule has 5 N–H and O–H groups in total. The Morgan fingerprint density at radius 3 is 2.74 bits per heavy atom. The fraction of sp³-hybridized carbons (Fsp3) is 0.188. The zero-order valence-electron chi connectivity index (χ0n) is 13.8. The smallest absolute Gasteiger partial charge is 0.251 e. The molecule has 0 fully saturated rings. The van der Waals surface area contributed by atoms with Gasteiger partial charge in [0, 0.05) is 6.42 Å². The highest BCUT2D eigenvalue weighted by Crippen LogP contribution is 2.19. The van der Waals surface area contributed by atoms with Crippen LogP contribution in [0.2, 0.25) is 0 Å². The van der Waals surface area contributed by atoms with Gasteiger partial charge in [-0.3, -0.25) is 9.52 Å². The van der Waals surface area contributed by atoms with Crippen LogP contribution in [0.5, 0.6) is 0 Å². The van der Waals surface area contributed by atoms with Gasteiger partial charge in [0.15, 0.2) is 0 Å². The largest absolute Gasteiger partial charge is 0.383 e. The molecule has 0 radical (unpaired) electrons. The number of sulfonamides is 1. The van der Waals surface area contributed by atoms with Gasteiger partial charge in [0.1, 0.15) is 29.6 Å². The molecule has 1 heterocycles. The lowest BCUT2D eigenvalue weighted by molar-refractivity contribution is 0.0995. The van der Waals surface area contributed by atoms with Crippen molar-refractivity contribution < 1.29 is 22.0 Å². The van der Waals surface area contributed by atoms with E-state index in [1.165, 1.54) is 12.1 Å². The molecule has 0 saturated carbocycles. The highest BCUT2D eigenvalue weighted by molar-refractivity contribution is 7.92. The van der Waals surface area contributed by atoms with Crippen molar-refractivity contribution in [2.75, 3.05) is 16.2 Å². The van der Waals surface area contributed by atoms with E-state index in [1.807, 2.05) is 0 Å². The fourth-order valence-electron chi connectivity index (χ4n) is 2.39. The molecule has 1 aromatic heterocycles. The summed E-state index contributed by atoms with van der Waals surface area (Å²) in [6.45, 7) is 0. The molecule has 0 spiro atoms. The molecule has 0 saturated heterocycles. The number of nitrogens with zero attached hydrogens (tertiary/aromatic N) is 2. The lowest BCUT2D eigenvalue weighted by Gasteiger charge is -2.13. The molecule has 0 aliphatic rings. The lowest BCUT2D eigenvalue weighted by atomic mass is 10.0. The van der Waals surface area contributed by atoms with Crippen molar-refractivity contribution in [2.45, 2.75) is 12.6 Å². The standard InChI is InChI=1S/C16H15F2N5O3S/c17-11(4-9-2-1-3-13(18)14(9)16(21)24)8-27(25,26)23-12-5-10(6-19)15(20)22-7-12/h1-3,5,7,11,23H,4,8H2,(H2,20,22)(H2,21,24). The van der Waals surface area contributed by atoms with Gasteiger partial charge in [-0.15, -0.1) is 0 Å². The number of rotatable bonds is 7. The number of nitrogens with one attached hydrogen (secondary N) is 1.